The van der Waals surface area contributed by atoms with Crippen molar-refractivity contribution >= 4 is 27.0 Å². The summed E-state index contributed by atoms with van der Waals surface area (Å²) in [5.41, 5.74) is 2.60. The average molecular weight is 379 g/mol. The van der Waals surface area contributed by atoms with Gasteiger partial charge in [-0.3, -0.25) is 9.40 Å². The van der Waals surface area contributed by atoms with E-state index in [0.717, 1.165) is 35.6 Å². The molecule has 3 aromatic rings. The molecule has 1 aromatic carbocycles. The van der Waals surface area contributed by atoms with Gasteiger partial charge in [-0.25, -0.2) is 12.8 Å². The van der Waals surface area contributed by atoms with Gasteiger partial charge in [0.1, 0.15) is 10.0 Å². The van der Waals surface area contributed by atoms with Gasteiger partial charge in [-0.1, -0.05) is 6.92 Å². The van der Waals surface area contributed by atoms with Gasteiger partial charge in [0.15, 0.2) is 0 Å². The number of nitrogens with zero attached hydrogens (tertiary/aromatic N) is 2. The Bertz CT molecular complexity index is 993. The van der Waals surface area contributed by atoms with Gasteiger partial charge in [-0.05, 0) is 49.2 Å². The van der Waals surface area contributed by atoms with Crippen LogP contribution in [0.5, 0.6) is 0 Å². The predicted octanol–water partition coefficient (Wildman–Crippen LogP) is 4.27. The summed E-state index contributed by atoms with van der Waals surface area (Å²) in [6.45, 7) is 4.49. The molecule has 8 heteroatoms. The minimum atomic E-state index is -3.73. The van der Waals surface area contributed by atoms with Crippen molar-refractivity contribution in [1.29, 1.82) is 0 Å². The summed E-state index contributed by atoms with van der Waals surface area (Å²) in [7, 11) is -3.73. The van der Waals surface area contributed by atoms with Crippen molar-refractivity contribution in [2.45, 2.75) is 31.0 Å². The molecule has 0 bridgehead atoms. The zero-order valence-corrected chi connectivity index (χ0v) is 15.5. The molecule has 0 aliphatic rings. The van der Waals surface area contributed by atoms with Crippen molar-refractivity contribution in [3.8, 4) is 11.3 Å². The smallest absolute Gasteiger partial charge is 0.271 e. The van der Waals surface area contributed by atoms with E-state index in [9.17, 15) is 12.8 Å². The van der Waals surface area contributed by atoms with Crippen LogP contribution < -0.4 is 4.72 Å². The summed E-state index contributed by atoms with van der Waals surface area (Å²) in [4.78, 5) is 0. The zero-order chi connectivity index (χ0) is 18.0. The number of halogens is 1. The molecular weight excluding hydrogens is 361 g/mol. The molecular formula is C17H18FN3O2S2. The molecule has 25 heavy (non-hydrogen) atoms. The molecule has 0 atom stereocenters. The van der Waals surface area contributed by atoms with E-state index in [4.69, 9.17) is 0 Å². The van der Waals surface area contributed by atoms with Gasteiger partial charge in [0.2, 0.25) is 0 Å². The summed E-state index contributed by atoms with van der Waals surface area (Å²) in [6.07, 6.45) is 2.65. The number of nitrogens with one attached hydrogen (secondary N) is 1. The molecule has 0 amide bonds. The second kappa shape index (κ2) is 6.97. The van der Waals surface area contributed by atoms with Crippen molar-refractivity contribution in [2.75, 3.05) is 4.72 Å². The van der Waals surface area contributed by atoms with E-state index < -0.39 is 15.8 Å². The fraction of sp³-hybridized carbons (Fsp3) is 0.235. The normalized spacial score (nSPS) is 11.6. The molecule has 0 saturated heterocycles. The minimum Gasteiger partial charge on any atom is -0.279 e. The monoisotopic (exact) mass is 379 g/mol. The number of thiophene rings is 1. The Morgan fingerprint density at radius 1 is 1.28 bits per heavy atom. The molecule has 3 rings (SSSR count). The molecule has 1 N–H and O–H groups in total. The first-order chi connectivity index (χ1) is 11.9. The van der Waals surface area contributed by atoms with Crippen LogP contribution in [0.2, 0.25) is 0 Å². The van der Waals surface area contributed by atoms with Gasteiger partial charge in [0, 0.05) is 23.7 Å². The third kappa shape index (κ3) is 3.74. The number of benzene rings is 1. The van der Waals surface area contributed by atoms with E-state index >= 15 is 0 Å². The second-order valence-corrected chi connectivity index (χ2v) is 8.48. The van der Waals surface area contributed by atoms with Gasteiger partial charge in [0.25, 0.3) is 10.0 Å². The standard InChI is InChI=1S/C17H18FN3O2S2/c1-3-8-21-16(6-7-19-21)13-10-17(24-11-13)25(22,23)20-15-5-4-14(18)9-12(15)2/h4-7,9-11,20H,3,8H2,1-2H3. The SMILES string of the molecule is CCCn1nccc1-c1csc(S(=O)(=O)Nc2ccc(F)cc2C)c1. The highest BCUT2D eigenvalue weighted by Gasteiger charge is 2.19. The topological polar surface area (TPSA) is 64.0 Å². The van der Waals surface area contributed by atoms with Gasteiger partial charge < -0.3 is 0 Å². The molecule has 0 saturated carbocycles. The number of anilines is 1. The lowest BCUT2D eigenvalue weighted by Gasteiger charge is -2.09. The molecule has 0 spiro atoms. The lowest BCUT2D eigenvalue weighted by Crippen LogP contribution is -2.12. The van der Waals surface area contributed by atoms with Crippen molar-refractivity contribution in [1.82, 2.24) is 9.78 Å². The Morgan fingerprint density at radius 2 is 2.08 bits per heavy atom. The molecule has 0 fully saturated rings. The molecule has 0 aliphatic carbocycles. The van der Waals surface area contributed by atoms with E-state index in [1.807, 2.05) is 10.7 Å². The highest BCUT2D eigenvalue weighted by molar-refractivity contribution is 7.94. The zero-order valence-electron chi connectivity index (χ0n) is 13.9. The summed E-state index contributed by atoms with van der Waals surface area (Å²) in [6, 6.07) is 7.45. The van der Waals surface area contributed by atoms with Crippen LogP contribution in [0.1, 0.15) is 18.9 Å². The lowest BCUT2D eigenvalue weighted by molar-refractivity contribution is 0.602. The van der Waals surface area contributed by atoms with Crippen LogP contribution in [0.25, 0.3) is 11.3 Å². The maximum Gasteiger partial charge on any atom is 0.271 e. The van der Waals surface area contributed by atoms with Crippen molar-refractivity contribution < 1.29 is 12.8 Å². The first kappa shape index (κ1) is 17.6. The fourth-order valence-electron chi connectivity index (χ4n) is 2.50. The number of rotatable bonds is 6. The van der Waals surface area contributed by atoms with Crippen molar-refractivity contribution in [2.24, 2.45) is 0 Å². The molecule has 0 radical (unpaired) electrons. The lowest BCUT2D eigenvalue weighted by atomic mass is 10.2. The third-order valence-electron chi connectivity index (χ3n) is 3.72. The van der Waals surface area contributed by atoms with Crippen molar-refractivity contribution in [3.05, 3.63) is 53.3 Å². The van der Waals surface area contributed by atoms with Gasteiger partial charge in [-0.2, -0.15) is 5.10 Å². The molecule has 2 aromatic heterocycles. The van der Waals surface area contributed by atoms with Crippen molar-refractivity contribution in [3.63, 3.8) is 0 Å². The number of aromatic nitrogens is 2. The maximum absolute atomic E-state index is 13.2. The molecule has 2 heterocycles. The predicted molar refractivity (Wildman–Crippen MR) is 97.8 cm³/mol. The number of hydrogen-bond donors (Lipinski definition) is 1. The number of aryl methyl sites for hydroxylation is 2. The highest BCUT2D eigenvalue weighted by Crippen LogP contribution is 2.30. The van der Waals surface area contributed by atoms with Crippen LogP contribution in [0.4, 0.5) is 10.1 Å². The van der Waals surface area contributed by atoms with Crippen LogP contribution in [0, 0.1) is 12.7 Å². The highest BCUT2D eigenvalue weighted by atomic mass is 32.2. The molecule has 0 aliphatic heterocycles. The van der Waals surface area contributed by atoms with Gasteiger partial charge >= 0.3 is 0 Å². The van der Waals surface area contributed by atoms with Crippen LogP contribution in [0.3, 0.4) is 0 Å². The maximum atomic E-state index is 13.2. The number of hydrogen-bond acceptors (Lipinski definition) is 4. The van der Waals surface area contributed by atoms with Crippen LogP contribution >= 0.6 is 11.3 Å². The van der Waals surface area contributed by atoms with E-state index in [1.54, 1.807) is 24.6 Å². The Labute approximate surface area is 150 Å². The first-order valence-corrected chi connectivity index (χ1v) is 10.2. The fourth-order valence-corrected chi connectivity index (χ4v) is 4.80. The largest absolute Gasteiger partial charge is 0.279 e. The van der Waals surface area contributed by atoms with Crippen LogP contribution in [-0.2, 0) is 16.6 Å². The molecule has 5 nitrogen and oxygen atoms in total. The first-order valence-electron chi connectivity index (χ1n) is 7.80. The summed E-state index contributed by atoms with van der Waals surface area (Å²) in [5.74, 6) is -0.400. The molecule has 0 unspecified atom stereocenters. The van der Waals surface area contributed by atoms with Gasteiger partial charge in [0.05, 0.1) is 11.4 Å². The Balaban J connectivity index is 1.89. The Kier molecular flexibility index (Phi) is 4.91. The Hall–Kier alpha value is -2.19. The van der Waals surface area contributed by atoms with E-state index in [1.165, 1.54) is 18.2 Å². The summed E-state index contributed by atoms with van der Waals surface area (Å²) < 4.78 is 43.0. The van der Waals surface area contributed by atoms with E-state index in [0.29, 0.717) is 11.3 Å². The van der Waals surface area contributed by atoms with E-state index in [2.05, 4.69) is 16.7 Å². The summed E-state index contributed by atoms with van der Waals surface area (Å²) >= 11 is 1.14. The van der Waals surface area contributed by atoms with E-state index in [-0.39, 0.29) is 4.21 Å². The average Bonchev–Trinajstić information content (AvgIpc) is 3.19. The van der Waals surface area contributed by atoms with Crippen LogP contribution in [0.15, 0.2) is 46.1 Å². The second-order valence-electron chi connectivity index (χ2n) is 5.66. The third-order valence-corrected chi connectivity index (χ3v) is 6.53. The Morgan fingerprint density at radius 3 is 2.80 bits per heavy atom. The minimum absolute atomic E-state index is 0.204. The number of sulfonamides is 1. The summed E-state index contributed by atoms with van der Waals surface area (Å²) in [5, 5.41) is 6.06. The van der Waals surface area contributed by atoms with Crippen LogP contribution in [-0.4, -0.2) is 18.2 Å². The molecule has 132 valence electrons. The van der Waals surface area contributed by atoms with Gasteiger partial charge in [-0.15, -0.1) is 11.3 Å². The quantitative estimate of drug-likeness (QED) is 0.696.